The average Bonchev–Trinajstić information content (AvgIpc) is 2.19. The molecule has 0 spiro atoms. The number of hydrogen-bond donors (Lipinski definition) is 0. The molecular weight excluding hydrogens is 164 g/mol. The van der Waals surface area contributed by atoms with Gasteiger partial charge in [-0.15, -0.1) is 0 Å². The number of hydrogen-bond acceptors (Lipinski definition) is 3. The van der Waals surface area contributed by atoms with E-state index in [1.807, 2.05) is 6.07 Å². The fourth-order valence-electron chi connectivity index (χ4n) is 0.785. The van der Waals surface area contributed by atoms with Crippen molar-refractivity contribution in [2.75, 3.05) is 7.11 Å². The molecule has 0 aliphatic rings. The molecule has 0 saturated heterocycles. The van der Waals surface area contributed by atoms with Crippen molar-refractivity contribution in [3.63, 3.8) is 0 Å². The van der Waals surface area contributed by atoms with E-state index in [4.69, 9.17) is 10.00 Å². The molecule has 0 amide bonds. The zero-order chi connectivity index (χ0) is 9.52. The van der Waals surface area contributed by atoms with E-state index in [0.717, 1.165) is 5.56 Å². The summed E-state index contributed by atoms with van der Waals surface area (Å²) < 4.78 is 4.97. The lowest BCUT2D eigenvalue weighted by Gasteiger charge is -1.96. The van der Waals surface area contributed by atoms with Gasteiger partial charge in [-0.1, -0.05) is 11.8 Å². The molecule has 1 rings (SSSR count). The minimum atomic E-state index is 0.233. The molecule has 3 nitrogen and oxygen atoms in total. The van der Waals surface area contributed by atoms with Gasteiger partial charge in [0.1, 0.15) is 5.75 Å². The Bertz CT molecular complexity index is 382. The van der Waals surface area contributed by atoms with Crippen molar-refractivity contribution in [1.82, 2.24) is 4.98 Å². The lowest BCUT2D eigenvalue weighted by atomic mass is 10.3. The fourth-order valence-corrected chi connectivity index (χ4v) is 0.785. The van der Waals surface area contributed by atoms with E-state index < -0.39 is 0 Å². The van der Waals surface area contributed by atoms with Crippen molar-refractivity contribution in [2.45, 2.75) is 6.42 Å². The van der Waals surface area contributed by atoms with Crippen molar-refractivity contribution < 1.29 is 4.74 Å². The monoisotopic (exact) mass is 172 g/mol. The van der Waals surface area contributed by atoms with E-state index in [0.29, 0.717) is 5.75 Å². The Labute approximate surface area is 77.0 Å². The Morgan fingerprint density at radius 2 is 2.38 bits per heavy atom. The van der Waals surface area contributed by atoms with Gasteiger partial charge in [0.05, 0.1) is 25.8 Å². The molecule has 0 saturated carbocycles. The smallest absolute Gasteiger partial charge is 0.138 e. The SMILES string of the molecule is COc1cncc(C#CCC#N)c1. The summed E-state index contributed by atoms with van der Waals surface area (Å²) in [6.07, 6.45) is 3.47. The summed E-state index contributed by atoms with van der Waals surface area (Å²) >= 11 is 0. The van der Waals surface area contributed by atoms with E-state index in [-0.39, 0.29) is 6.42 Å². The van der Waals surface area contributed by atoms with E-state index in [1.54, 1.807) is 25.6 Å². The summed E-state index contributed by atoms with van der Waals surface area (Å²) in [6.45, 7) is 0. The molecule has 0 N–H and O–H groups in total. The molecule has 1 heterocycles. The normalized spacial score (nSPS) is 8.00. The third-order valence-electron chi connectivity index (χ3n) is 1.35. The van der Waals surface area contributed by atoms with Crippen molar-refractivity contribution in [3.05, 3.63) is 24.0 Å². The van der Waals surface area contributed by atoms with Crippen molar-refractivity contribution in [3.8, 4) is 23.7 Å². The molecule has 0 bridgehead atoms. The number of ether oxygens (including phenoxy) is 1. The van der Waals surface area contributed by atoms with Crippen LogP contribution in [0, 0.1) is 23.2 Å². The largest absolute Gasteiger partial charge is 0.495 e. The van der Waals surface area contributed by atoms with Gasteiger partial charge < -0.3 is 4.74 Å². The minimum Gasteiger partial charge on any atom is -0.495 e. The highest BCUT2D eigenvalue weighted by Crippen LogP contribution is 2.08. The van der Waals surface area contributed by atoms with Gasteiger partial charge in [0, 0.05) is 11.8 Å². The standard InChI is InChI=1S/C10H8N2O/c1-13-10-6-9(7-12-8-10)4-2-3-5-11/h6-8H,3H2,1H3. The number of methoxy groups -OCH3 is 1. The van der Waals surface area contributed by atoms with Crippen molar-refractivity contribution >= 4 is 0 Å². The first-order valence-corrected chi connectivity index (χ1v) is 3.71. The highest BCUT2D eigenvalue weighted by Gasteiger charge is 1.91. The number of nitriles is 1. The Morgan fingerprint density at radius 3 is 3.08 bits per heavy atom. The zero-order valence-corrected chi connectivity index (χ0v) is 7.24. The van der Waals surface area contributed by atoms with Gasteiger partial charge in [-0.25, -0.2) is 0 Å². The van der Waals surface area contributed by atoms with E-state index >= 15 is 0 Å². The van der Waals surface area contributed by atoms with Crippen LogP contribution in [0.1, 0.15) is 12.0 Å². The van der Waals surface area contributed by atoms with Crippen LogP contribution in [0.4, 0.5) is 0 Å². The van der Waals surface area contributed by atoms with Crippen LogP contribution in [-0.2, 0) is 0 Å². The highest BCUT2D eigenvalue weighted by molar-refractivity contribution is 5.36. The van der Waals surface area contributed by atoms with E-state index in [1.165, 1.54) is 0 Å². The first-order chi connectivity index (χ1) is 6.36. The molecule has 0 aliphatic heterocycles. The quantitative estimate of drug-likeness (QED) is 0.601. The van der Waals surface area contributed by atoms with Crippen LogP contribution in [0.3, 0.4) is 0 Å². The maximum absolute atomic E-state index is 8.25. The summed E-state index contributed by atoms with van der Waals surface area (Å²) in [6, 6.07) is 3.72. The van der Waals surface area contributed by atoms with Gasteiger partial charge in [0.25, 0.3) is 0 Å². The van der Waals surface area contributed by atoms with Gasteiger partial charge in [0.15, 0.2) is 0 Å². The predicted octanol–water partition coefficient (Wildman–Crippen LogP) is 1.36. The maximum Gasteiger partial charge on any atom is 0.138 e. The van der Waals surface area contributed by atoms with Crippen LogP contribution in [0.25, 0.3) is 0 Å². The summed E-state index contributed by atoms with van der Waals surface area (Å²) in [7, 11) is 1.57. The van der Waals surface area contributed by atoms with Gasteiger partial charge in [-0.05, 0) is 6.07 Å². The van der Waals surface area contributed by atoms with E-state index in [9.17, 15) is 0 Å². The lowest BCUT2D eigenvalue weighted by molar-refractivity contribution is 0.413. The van der Waals surface area contributed by atoms with Crippen molar-refractivity contribution in [1.29, 1.82) is 5.26 Å². The minimum absolute atomic E-state index is 0.233. The summed E-state index contributed by atoms with van der Waals surface area (Å²) in [5.41, 5.74) is 0.759. The van der Waals surface area contributed by atoms with Crippen LogP contribution in [-0.4, -0.2) is 12.1 Å². The Balaban J connectivity index is 2.80. The van der Waals surface area contributed by atoms with Crippen LogP contribution in [0.15, 0.2) is 18.5 Å². The molecule has 0 radical (unpaired) electrons. The van der Waals surface area contributed by atoms with Gasteiger partial charge in [-0.2, -0.15) is 5.26 Å². The molecule has 0 aromatic carbocycles. The number of rotatable bonds is 1. The third kappa shape index (κ3) is 2.84. The van der Waals surface area contributed by atoms with Gasteiger partial charge in [0.2, 0.25) is 0 Å². The molecular formula is C10H8N2O. The van der Waals surface area contributed by atoms with Crippen molar-refractivity contribution in [2.24, 2.45) is 0 Å². The van der Waals surface area contributed by atoms with Crippen LogP contribution in [0.2, 0.25) is 0 Å². The van der Waals surface area contributed by atoms with Gasteiger partial charge in [-0.3, -0.25) is 4.98 Å². The Kier molecular flexibility index (Phi) is 3.35. The fraction of sp³-hybridized carbons (Fsp3) is 0.200. The average molecular weight is 172 g/mol. The van der Waals surface area contributed by atoms with Crippen LogP contribution in [0.5, 0.6) is 5.75 Å². The Morgan fingerprint density at radius 1 is 1.54 bits per heavy atom. The molecule has 3 heteroatoms. The summed E-state index contributed by atoms with van der Waals surface area (Å²) in [5.74, 6) is 6.17. The molecule has 13 heavy (non-hydrogen) atoms. The molecule has 64 valence electrons. The molecule has 1 aromatic heterocycles. The van der Waals surface area contributed by atoms with Crippen LogP contribution < -0.4 is 4.74 Å². The Hall–Kier alpha value is -2.00. The zero-order valence-electron chi connectivity index (χ0n) is 7.24. The predicted molar refractivity (Wildman–Crippen MR) is 47.9 cm³/mol. The second kappa shape index (κ2) is 4.79. The third-order valence-corrected chi connectivity index (χ3v) is 1.35. The van der Waals surface area contributed by atoms with E-state index in [2.05, 4.69) is 16.8 Å². The summed E-state index contributed by atoms with van der Waals surface area (Å²) in [5, 5.41) is 8.25. The molecule has 0 fully saturated rings. The number of pyridine rings is 1. The highest BCUT2D eigenvalue weighted by atomic mass is 16.5. The molecule has 0 unspecified atom stereocenters. The molecule has 0 aliphatic carbocycles. The second-order valence-electron chi connectivity index (χ2n) is 2.25. The first-order valence-electron chi connectivity index (χ1n) is 3.71. The van der Waals surface area contributed by atoms with Gasteiger partial charge >= 0.3 is 0 Å². The van der Waals surface area contributed by atoms with Crippen LogP contribution >= 0.6 is 0 Å². The lowest BCUT2D eigenvalue weighted by Crippen LogP contribution is -1.85. The molecule has 1 aromatic rings. The first kappa shape index (κ1) is 9.09. The number of aromatic nitrogens is 1. The molecule has 0 atom stereocenters. The topological polar surface area (TPSA) is 45.9 Å². The number of nitrogens with zero attached hydrogens (tertiary/aromatic N) is 2. The summed E-state index contributed by atoms with van der Waals surface area (Å²) in [4.78, 5) is 3.92. The maximum atomic E-state index is 8.25. The second-order valence-corrected chi connectivity index (χ2v) is 2.25.